The van der Waals surface area contributed by atoms with Gasteiger partial charge in [-0.05, 0) is 75.5 Å². The molecular weight excluding hydrogens is 671 g/mol. The van der Waals surface area contributed by atoms with Crippen LogP contribution in [0.3, 0.4) is 0 Å². The van der Waals surface area contributed by atoms with Crippen LogP contribution in [-0.4, -0.2) is 15.0 Å². The van der Waals surface area contributed by atoms with E-state index >= 15 is 0 Å². The van der Waals surface area contributed by atoms with Crippen LogP contribution in [0.25, 0.3) is 89.5 Å². The number of benzene rings is 7. The summed E-state index contributed by atoms with van der Waals surface area (Å²) in [6.07, 6.45) is 6.33. The molecule has 1 spiro atoms. The van der Waals surface area contributed by atoms with E-state index in [1.807, 2.05) is 30.3 Å². The average molecular weight is 708 g/mol. The van der Waals surface area contributed by atoms with Crippen molar-refractivity contribution >= 4 is 21.9 Å². The summed E-state index contributed by atoms with van der Waals surface area (Å²) in [7, 11) is 0. The van der Waals surface area contributed by atoms with Crippen LogP contribution in [0.2, 0.25) is 0 Å². The Bertz CT molecular complexity index is 2900. The molecule has 0 saturated heterocycles. The molecule has 2 aromatic heterocycles. The number of aromatic nitrogens is 3. The number of nitrogens with zero attached hydrogens (tertiary/aromatic N) is 3. The lowest BCUT2D eigenvalue weighted by atomic mass is 9.68. The van der Waals surface area contributed by atoms with Crippen LogP contribution in [0, 0.1) is 0 Å². The highest BCUT2D eigenvalue weighted by atomic mass is 16.3. The van der Waals surface area contributed by atoms with Gasteiger partial charge in [-0.15, -0.1) is 0 Å². The van der Waals surface area contributed by atoms with Gasteiger partial charge in [-0.1, -0.05) is 165 Å². The predicted octanol–water partition coefficient (Wildman–Crippen LogP) is 13.3. The smallest absolute Gasteiger partial charge is 0.167 e. The molecular formula is C51H37N3O. The summed E-state index contributed by atoms with van der Waals surface area (Å²) in [4.78, 5) is 15.5. The molecule has 0 N–H and O–H groups in total. The summed E-state index contributed by atoms with van der Waals surface area (Å²) >= 11 is 0. The second-order valence-electron chi connectivity index (χ2n) is 15.0. The van der Waals surface area contributed by atoms with Crippen molar-refractivity contribution in [3.05, 3.63) is 175 Å². The van der Waals surface area contributed by atoms with E-state index in [0.29, 0.717) is 17.5 Å². The minimum absolute atomic E-state index is 0.123. The number of para-hydroxylation sites is 2. The third-order valence-corrected chi connectivity index (χ3v) is 12.0. The van der Waals surface area contributed by atoms with Gasteiger partial charge in [0.05, 0.1) is 5.56 Å². The molecule has 1 saturated carbocycles. The maximum Gasteiger partial charge on any atom is 0.167 e. The molecule has 0 amide bonds. The van der Waals surface area contributed by atoms with E-state index in [1.165, 1.54) is 65.5 Å². The van der Waals surface area contributed by atoms with E-state index in [2.05, 4.69) is 133 Å². The van der Waals surface area contributed by atoms with Crippen molar-refractivity contribution in [2.45, 2.75) is 37.5 Å². The quantitative estimate of drug-likeness (QED) is 0.179. The Morgan fingerprint density at radius 2 is 1.00 bits per heavy atom. The highest BCUT2D eigenvalue weighted by molar-refractivity contribution is 6.09. The van der Waals surface area contributed by atoms with Gasteiger partial charge in [-0.2, -0.15) is 0 Å². The van der Waals surface area contributed by atoms with Gasteiger partial charge in [-0.25, -0.2) is 15.0 Å². The summed E-state index contributed by atoms with van der Waals surface area (Å²) < 4.78 is 6.47. The molecule has 55 heavy (non-hydrogen) atoms. The first kappa shape index (κ1) is 31.8. The van der Waals surface area contributed by atoms with Gasteiger partial charge in [0.25, 0.3) is 0 Å². The summed E-state index contributed by atoms with van der Waals surface area (Å²) in [6, 6.07) is 58.1. The van der Waals surface area contributed by atoms with Crippen molar-refractivity contribution in [1.82, 2.24) is 15.0 Å². The molecule has 0 unspecified atom stereocenters. The maximum atomic E-state index is 6.47. The topological polar surface area (TPSA) is 51.8 Å². The second kappa shape index (κ2) is 12.7. The molecule has 0 aliphatic heterocycles. The van der Waals surface area contributed by atoms with E-state index < -0.39 is 0 Å². The molecule has 1 fully saturated rings. The first-order valence-corrected chi connectivity index (χ1v) is 19.4. The first-order chi connectivity index (χ1) is 27.2. The van der Waals surface area contributed by atoms with Crippen LogP contribution in [-0.2, 0) is 5.41 Å². The molecule has 0 bridgehead atoms. The monoisotopic (exact) mass is 707 g/mol. The Labute approximate surface area is 320 Å². The van der Waals surface area contributed by atoms with Gasteiger partial charge in [0.1, 0.15) is 11.2 Å². The van der Waals surface area contributed by atoms with Crippen molar-refractivity contribution < 1.29 is 4.42 Å². The van der Waals surface area contributed by atoms with Crippen LogP contribution >= 0.6 is 0 Å². The SMILES string of the molecule is c1ccc(-c2cccc(-c3nc(-c4ccc(-c5cccc6c5-c5ccccc5C65CCCCC5)cc4)nc(-c4cccc5c4oc4ccccc45)n3)c2)cc1. The molecule has 7 aromatic carbocycles. The summed E-state index contributed by atoms with van der Waals surface area (Å²) in [5.41, 5.74) is 15.0. The average Bonchev–Trinajstić information content (AvgIpc) is 3.78. The van der Waals surface area contributed by atoms with Crippen molar-refractivity contribution in [3.63, 3.8) is 0 Å². The van der Waals surface area contributed by atoms with Gasteiger partial charge in [0.15, 0.2) is 17.5 Å². The van der Waals surface area contributed by atoms with E-state index in [0.717, 1.165) is 49.8 Å². The van der Waals surface area contributed by atoms with Crippen LogP contribution in [0.5, 0.6) is 0 Å². The standard InChI is InChI=1S/C51H37N3O/c1-3-14-33(15-4-1)36-16-11-17-37(32-36)49-52-48(53-50(54-49)42-22-12-21-40-39-18-6-8-25-45(39)55-47(40)42)35-28-26-34(27-29-35)38-20-13-24-44-46(38)41-19-5-7-23-43(41)51(44)30-9-2-10-31-51/h1,3-8,11-29,32H,2,9-10,30-31H2. The van der Waals surface area contributed by atoms with E-state index in [1.54, 1.807) is 0 Å². The molecule has 2 aliphatic carbocycles. The molecule has 2 heterocycles. The van der Waals surface area contributed by atoms with Gasteiger partial charge in [0, 0.05) is 27.3 Å². The molecule has 4 nitrogen and oxygen atoms in total. The fourth-order valence-electron chi connectivity index (χ4n) is 9.38. The minimum atomic E-state index is 0.123. The number of hydrogen-bond donors (Lipinski definition) is 0. The fourth-order valence-corrected chi connectivity index (χ4v) is 9.38. The molecule has 9 aromatic rings. The lowest BCUT2D eigenvalue weighted by Gasteiger charge is -2.36. The van der Waals surface area contributed by atoms with Crippen LogP contribution in [0.15, 0.2) is 168 Å². The Hall–Kier alpha value is -6.65. The number of rotatable bonds is 5. The van der Waals surface area contributed by atoms with Crippen LogP contribution < -0.4 is 0 Å². The number of hydrogen-bond acceptors (Lipinski definition) is 4. The largest absolute Gasteiger partial charge is 0.455 e. The Kier molecular flexibility index (Phi) is 7.38. The normalized spacial score (nSPS) is 14.3. The van der Waals surface area contributed by atoms with E-state index in [9.17, 15) is 0 Å². The zero-order valence-corrected chi connectivity index (χ0v) is 30.4. The van der Waals surface area contributed by atoms with Gasteiger partial charge in [0.2, 0.25) is 0 Å². The Balaban J connectivity index is 1.05. The molecule has 4 heteroatoms. The number of fused-ring (bicyclic) bond motifs is 8. The summed E-state index contributed by atoms with van der Waals surface area (Å²) in [5.74, 6) is 1.81. The van der Waals surface area contributed by atoms with Crippen molar-refractivity contribution in [1.29, 1.82) is 0 Å². The zero-order valence-electron chi connectivity index (χ0n) is 30.4. The summed E-state index contributed by atoms with van der Waals surface area (Å²) in [6.45, 7) is 0. The highest BCUT2D eigenvalue weighted by Gasteiger charge is 2.44. The van der Waals surface area contributed by atoms with Crippen molar-refractivity contribution in [2.75, 3.05) is 0 Å². The van der Waals surface area contributed by atoms with Crippen molar-refractivity contribution in [2.24, 2.45) is 0 Å². The van der Waals surface area contributed by atoms with E-state index in [4.69, 9.17) is 19.4 Å². The zero-order chi connectivity index (χ0) is 36.3. The third-order valence-electron chi connectivity index (χ3n) is 12.0. The lowest BCUT2D eigenvalue weighted by Crippen LogP contribution is -2.27. The van der Waals surface area contributed by atoms with Gasteiger partial charge < -0.3 is 4.42 Å². The molecule has 0 radical (unpaired) electrons. The number of furan rings is 1. The van der Waals surface area contributed by atoms with Crippen LogP contribution in [0.4, 0.5) is 0 Å². The summed E-state index contributed by atoms with van der Waals surface area (Å²) in [5, 5.41) is 2.11. The fraction of sp³-hybridized carbons (Fsp3) is 0.118. The second-order valence-corrected chi connectivity index (χ2v) is 15.0. The molecule has 0 atom stereocenters. The van der Waals surface area contributed by atoms with E-state index in [-0.39, 0.29) is 5.41 Å². The van der Waals surface area contributed by atoms with Gasteiger partial charge >= 0.3 is 0 Å². The van der Waals surface area contributed by atoms with Crippen molar-refractivity contribution in [3.8, 4) is 67.5 Å². The lowest BCUT2D eigenvalue weighted by molar-refractivity contribution is 0.353. The van der Waals surface area contributed by atoms with Crippen LogP contribution in [0.1, 0.15) is 43.2 Å². The molecule has 262 valence electrons. The first-order valence-electron chi connectivity index (χ1n) is 19.4. The molecule has 2 aliphatic rings. The van der Waals surface area contributed by atoms with Gasteiger partial charge in [-0.3, -0.25) is 0 Å². The maximum absolute atomic E-state index is 6.47. The highest BCUT2D eigenvalue weighted by Crippen LogP contribution is 2.57. The predicted molar refractivity (Wildman–Crippen MR) is 224 cm³/mol. The molecule has 11 rings (SSSR count). The minimum Gasteiger partial charge on any atom is -0.455 e. The Morgan fingerprint density at radius 3 is 1.87 bits per heavy atom. The Morgan fingerprint density at radius 1 is 0.400 bits per heavy atom. The third kappa shape index (κ3) is 5.16.